The van der Waals surface area contributed by atoms with Gasteiger partial charge in [-0.3, -0.25) is 0 Å². The molecule has 0 atom stereocenters. The molecule has 1 nitrogen and oxygen atoms in total. The Bertz CT molecular complexity index is 2900. The van der Waals surface area contributed by atoms with Crippen molar-refractivity contribution in [2.75, 3.05) is 4.90 Å². The van der Waals surface area contributed by atoms with Crippen LogP contribution in [0, 0.1) is 0 Å². The highest BCUT2D eigenvalue weighted by molar-refractivity contribution is 6.25. The first-order chi connectivity index (χ1) is 28.3. The molecule has 0 bridgehead atoms. The molecule has 1 heteroatoms. The minimum Gasteiger partial charge on any atom is -0.309 e. The van der Waals surface area contributed by atoms with Crippen LogP contribution in [0.4, 0.5) is 17.1 Å². The van der Waals surface area contributed by atoms with Crippen LogP contribution in [0.1, 0.15) is 0 Å². The van der Waals surface area contributed by atoms with Gasteiger partial charge in [0.15, 0.2) is 0 Å². The average molecular weight is 726 g/mol. The van der Waals surface area contributed by atoms with Crippen LogP contribution in [0.5, 0.6) is 0 Å². The van der Waals surface area contributed by atoms with Crippen molar-refractivity contribution in [1.82, 2.24) is 0 Å². The Morgan fingerprint density at radius 3 is 1.19 bits per heavy atom. The molecule has 10 aromatic rings. The summed E-state index contributed by atoms with van der Waals surface area (Å²) in [4.78, 5) is 2.53. The maximum Gasteiger partial charge on any atom is 0.0618 e. The van der Waals surface area contributed by atoms with Crippen LogP contribution in [0.25, 0.3) is 77.2 Å². The SMILES string of the molecule is c1ccc(-c2ccc(N(c3c(-c4ccccc4)cccc3-c3ccccc3)c3cccc4c3c(-c3ccccc3)c(-c3ccccc3)c3ccccc34)cc2)cc1. The lowest BCUT2D eigenvalue weighted by molar-refractivity contribution is 1.30. The summed E-state index contributed by atoms with van der Waals surface area (Å²) >= 11 is 0. The third kappa shape index (κ3) is 6.26. The second-order valence-electron chi connectivity index (χ2n) is 14.4. The molecule has 0 unspecified atom stereocenters. The summed E-state index contributed by atoms with van der Waals surface area (Å²) in [5, 5.41) is 4.88. The number of fused-ring (bicyclic) bond motifs is 3. The standard InChI is InChI=1S/C56H39N/c1-6-20-40(21-7-1)41-36-38-46(39-37-41)57(56-47(42-22-8-2-9-23-42)32-18-33-48(56)43-24-10-3-11-25-43)52-35-19-34-51-49-30-16-17-31-50(49)53(44-26-12-4-13-27-44)54(55(51)52)45-28-14-5-15-29-45/h1-39H. The molecular formula is C56H39N. The predicted molar refractivity (Wildman–Crippen MR) is 243 cm³/mol. The Hall–Kier alpha value is -7.48. The topological polar surface area (TPSA) is 3.24 Å². The van der Waals surface area contributed by atoms with Gasteiger partial charge in [0, 0.05) is 27.8 Å². The van der Waals surface area contributed by atoms with Gasteiger partial charge in [0.05, 0.1) is 11.4 Å². The summed E-state index contributed by atoms with van der Waals surface area (Å²) in [5.74, 6) is 0. The highest BCUT2D eigenvalue weighted by Gasteiger charge is 2.27. The minimum absolute atomic E-state index is 1.08. The van der Waals surface area contributed by atoms with E-state index in [2.05, 4.69) is 241 Å². The van der Waals surface area contributed by atoms with Gasteiger partial charge in [0.2, 0.25) is 0 Å². The van der Waals surface area contributed by atoms with Gasteiger partial charge in [0.1, 0.15) is 0 Å². The third-order valence-electron chi connectivity index (χ3n) is 11.1. The molecule has 0 saturated heterocycles. The van der Waals surface area contributed by atoms with Crippen molar-refractivity contribution in [3.8, 4) is 55.6 Å². The number of nitrogens with zero attached hydrogens (tertiary/aromatic N) is 1. The summed E-state index contributed by atoms with van der Waals surface area (Å²) in [6, 6.07) is 85.8. The smallest absolute Gasteiger partial charge is 0.0618 e. The fraction of sp³-hybridized carbons (Fsp3) is 0. The zero-order chi connectivity index (χ0) is 38.0. The Morgan fingerprint density at radius 1 is 0.246 bits per heavy atom. The van der Waals surface area contributed by atoms with Gasteiger partial charge in [0.25, 0.3) is 0 Å². The molecule has 0 radical (unpaired) electrons. The number of rotatable bonds is 8. The van der Waals surface area contributed by atoms with Crippen molar-refractivity contribution >= 4 is 38.6 Å². The molecule has 57 heavy (non-hydrogen) atoms. The van der Waals surface area contributed by atoms with Crippen LogP contribution in [-0.2, 0) is 0 Å². The van der Waals surface area contributed by atoms with Crippen molar-refractivity contribution in [1.29, 1.82) is 0 Å². The van der Waals surface area contributed by atoms with Crippen LogP contribution in [0.3, 0.4) is 0 Å². The van der Waals surface area contributed by atoms with Crippen LogP contribution in [-0.4, -0.2) is 0 Å². The van der Waals surface area contributed by atoms with Crippen molar-refractivity contribution in [3.63, 3.8) is 0 Å². The molecule has 0 aliphatic heterocycles. The molecule has 0 aromatic heterocycles. The van der Waals surface area contributed by atoms with Crippen molar-refractivity contribution < 1.29 is 0 Å². The fourth-order valence-electron chi connectivity index (χ4n) is 8.52. The zero-order valence-corrected chi connectivity index (χ0v) is 31.5. The van der Waals surface area contributed by atoms with Gasteiger partial charge < -0.3 is 4.90 Å². The molecule has 0 aliphatic rings. The van der Waals surface area contributed by atoms with E-state index in [1.165, 1.54) is 54.9 Å². The van der Waals surface area contributed by atoms with E-state index in [0.29, 0.717) is 0 Å². The van der Waals surface area contributed by atoms with Gasteiger partial charge >= 0.3 is 0 Å². The minimum atomic E-state index is 1.08. The molecule has 0 aliphatic carbocycles. The van der Waals surface area contributed by atoms with Gasteiger partial charge in [-0.05, 0) is 73.3 Å². The Morgan fingerprint density at radius 2 is 0.649 bits per heavy atom. The number of anilines is 3. The van der Waals surface area contributed by atoms with E-state index < -0.39 is 0 Å². The van der Waals surface area contributed by atoms with E-state index in [9.17, 15) is 0 Å². The highest BCUT2D eigenvalue weighted by atomic mass is 15.1. The molecule has 0 fully saturated rings. The lowest BCUT2D eigenvalue weighted by Crippen LogP contribution is -2.14. The first-order valence-electron chi connectivity index (χ1n) is 19.6. The van der Waals surface area contributed by atoms with Gasteiger partial charge in [-0.25, -0.2) is 0 Å². The number of hydrogen-bond acceptors (Lipinski definition) is 1. The average Bonchev–Trinajstić information content (AvgIpc) is 3.30. The number of benzene rings is 10. The maximum absolute atomic E-state index is 2.53. The van der Waals surface area contributed by atoms with Crippen LogP contribution in [0.15, 0.2) is 237 Å². The Kier molecular flexibility index (Phi) is 8.95. The summed E-state index contributed by atoms with van der Waals surface area (Å²) in [6.07, 6.45) is 0. The molecule has 0 amide bonds. The molecule has 0 N–H and O–H groups in total. The lowest BCUT2D eigenvalue weighted by Gasteiger charge is -2.32. The van der Waals surface area contributed by atoms with Crippen LogP contribution in [0.2, 0.25) is 0 Å². The fourth-order valence-corrected chi connectivity index (χ4v) is 8.52. The first kappa shape index (κ1) is 34.0. The van der Waals surface area contributed by atoms with E-state index in [1.54, 1.807) is 0 Å². The van der Waals surface area contributed by atoms with E-state index in [4.69, 9.17) is 0 Å². The molecule has 10 rings (SSSR count). The van der Waals surface area contributed by atoms with E-state index in [-0.39, 0.29) is 0 Å². The largest absolute Gasteiger partial charge is 0.309 e. The van der Waals surface area contributed by atoms with Crippen molar-refractivity contribution in [2.45, 2.75) is 0 Å². The molecule has 0 heterocycles. The normalized spacial score (nSPS) is 11.2. The molecular weight excluding hydrogens is 687 g/mol. The summed E-state index contributed by atoms with van der Waals surface area (Å²) in [7, 11) is 0. The van der Waals surface area contributed by atoms with Gasteiger partial charge in [-0.15, -0.1) is 0 Å². The first-order valence-corrected chi connectivity index (χ1v) is 19.6. The van der Waals surface area contributed by atoms with Crippen LogP contribution < -0.4 is 4.90 Å². The number of para-hydroxylation sites is 1. The Balaban J connectivity index is 1.38. The van der Waals surface area contributed by atoms with Crippen molar-refractivity contribution in [3.05, 3.63) is 237 Å². The quantitative estimate of drug-likeness (QED) is 0.141. The summed E-state index contributed by atoms with van der Waals surface area (Å²) in [5.41, 5.74) is 15.2. The summed E-state index contributed by atoms with van der Waals surface area (Å²) < 4.78 is 0. The second-order valence-corrected chi connectivity index (χ2v) is 14.4. The molecule has 268 valence electrons. The van der Waals surface area contributed by atoms with Gasteiger partial charge in [-0.1, -0.05) is 218 Å². The van der Waals surface area contributed by atoms with E-state index >= 15 is 0 Å². The zero-order valence-electron chi connectivity index (χ0n) is 31.5. The van der Waals surface area contributed by atoms with Gasteiger partial charge in [-0.2, -0.15) is 0 Å². The molecule has 0 saturated carbocycles. The Labute approximate surface area is 334 Å². The molecule has 0 spiro atoms. The number of hydrogen-bond donors (Lipinski definition) is 0. The summed E-state index contributed by atoms with van der Waals surface area (Å²) in [6.45, 7) is 0. The van der Waals surface area contributed by atoms with E-state index in [1.807, 2.05) is 0 Å². The monoisotopic (exact) mass is 725 g/mol. The highest BCUT2D eigenvalue weighted by Crippen LogP contribution is 2.53. The third-order valence-corrected chi connectivity index (χ3v) is 11.1. The van der Waals surface area contributed by atoms with Crippen LogP contribution >= 0.6 is 0 Å². The second kappa shape index (κ2) is 15.0. The predicted octanol–water partition coefficient (Wildman–Crippen LogP) is 15.8. The maximum atomic E-state index is 2.53. The van der Waals surface area contributed by atoms with E-state index in [0.717, 1.165) is 39.3 Å². The van der Waals surface area contributed by atoms with Crippen molar-refractivity contribution in [2.24, 2.45) is 0 Å². The molecule has 10 aromatic carbocycles. The lowest BCUT2D eigenvalue weighted by atomic mass is 9.84.